The van der Waals surface area contributed by atoms with Crippen LogP contribution in [0.4, 0.5) is 0 Å². The molecule has 1 amide bonds. The minimum atomic E-state index is -5.15. The van der Waals surface area contributed by atoms with Gasteiger partial charge in [0.05, 0.1) is 12.7 Å². The second-order valence-corrected chi connectivity index (χ2v) is 7.32. The van der Waals surface area contributed by atoms with Crippen molar-refractivity contribution in [1.29, 1.82) is 0 Å². The molecule has 2 rings (SSSR count). The van der Waals surface area contributed by atoms with Crippen molar-refractivity contribution < 1.29 is 71.2 Å². The molecule has 0 radical (unpaired) electrons. The van der Waals surface area contributed by atoms with Gasteiger partial charge in [-0.2, -0.15) is 0 Å². The molecule has 2 fully saturated rings. The van der Waals surface area contributed by atoms with Gasteiger partial charge in [-0.05, 0) is 12.8 Å². The predicted molar refractivity (Wildman–Crippen MR) is 81.9 cm³/mol. The molecule has 1 heterocycles. The first-order chi connectivity index (χ1) is 11.7. The molecule has 1 saturated heterocycles. The minimum Gasteiger partial charge on any atom is -0.726 e. The van der Waals surface area contributed by atoms with Crippen molar-refractivity contribution in [3.8, 4) is 0 Å². The van der Waals surface area contributed by atoms with E-state index in [9.17, 15) is 28.0 Å². The number of aliphatic hydroxyl groups excluding tert-OH is 2. The van der Waals surface area contributed by atoms with Crippen LogP contribution in [0.25, 0.3) is 0 Å². The molecule has 26 heavy (non-hydrogen) atoms. The van der Waals surface area contributed by atoms with Crippen LogP contribution in [-0.4, -0.2) is 72.4 Å². The maximum Gasteiger partial charge on any atom is 1.00 e. The van der Waals surface area contributed by atoms with Gasteiger partial charge in [0.15, 0.2) is 6.29 Å². The molecule has 3 N–H and O–H groups in total. The van der Waals surface area contributed by atoms with Crippen molar-refractivity contribution in [2.45, 2.75) is 75.8 Å². The third-order valence-electron chi connectivity index (χ3n) is 4.33. The van der Waals surface area contributed by atoms with Crippen LogP contribution >= 0.6 is 0 Å². The summed E-state index contributed by atoms with van der Waals surface area (Å²) < 4.78 is 48.3. The normalized spacial score (nSPS) is 33.3. The summed E-state index contributed by atoms with van der Waals surface area (Å²) in [4.78, 5) is 11.4. The molecule has 1 aliphatic heterocycles. The summed E-state index contributed by atoms with van der Waals surface area (Å²) >= 11 is 0. The van der Waals surface area contributed by atoms with Gasteiger partial charge in [0.2, 0.25) is 16.3 Å². The molecule has 0 spiro atoms. The fourth-order valence-corrected chi connectivity index (χ4v) is 3.73. The van der Waals surface area contributed by atoms with Gasteiger partial charge < -0.3 is 29.6 Å². The average Bonchev–Trinajstić information content (AvgIpc) is 2.53. The Bertz CT molecular complexity index is 555. The largest absolute Gasteiger partial charge is 1.00 e. The standard InChI is InChI=1S/C14H25NO9S.Na/c1-8(17)15-11-12(18)13(24-25(19,20)21)10(7-16)23-14(11)22-9-5-3-2-4-6-9;/h9-14,16,18H,2-7H2,1H3,(H,15,17)(H,19,20,21);/q;+1/p-1/t10-,11-,12-,13+,14-;/m1./s1. The van der Waals surface area contributed by atoms with Gasteiger partial charge in [0.25, 0.3) is 0 Å². The summed E-state index contributed by atoms with van der Waals surface area (Å²) in [5, 5.41) is 22.3. The van der Waals surface area contributed by atoms with E-state index in [1.807, 2.05) is 0 Å². The van der Waals surface area contributed by atoms with E-state index in [1.54, 1.807) is 0 Å². The van der Waals surface area contributed by atoms with Crippen LogP contribution in [0, 0.1) is 0 Å². The van der Waals surface area contributed by atoms with Gasteiger partial charge in [0, 0.05) is 6.92 Å². The molecule has 0 bridgehead atoms. The van der Waals surface area contributed by atoms with Crippen molar-refractivity contribution >= 4 is 16.3 Å². The Morgan fingerprint density at radius 3 is 2.42 bits per heavy atom. The molecular weight excluding hydrogens is 381 g/mol. The summed E-state index contributed by atoms with van der Waals surface area (Å²) in [6, 6.07) is -1.14. The molecule has 146 valence electrons. The molecule has 10 nitrogen and oxygen atoms in total. The van der Waals surface area contributed by atoms with E-state index in [4.69, 9.17) is 9.47 Å². The van der Waals surface area contributed by atoms with Crippen molar-refractivity contribution in [2.75, 3.05) is 6.61 Å². The summed E-state index contributed by atoms with van der Waals surface area (Å²) in [5.41, 5.74) is 0. The van der Waals surface area contributed by atoms with E-state index in [0.29, 0.717) is 0 Å². The van der Waals surface area contributed by atoms with Gasteiger partial charge in [-0.3, -0.25) is 8.98 Å². The van der Waals surface area contributed by atoms with Crippen LogP contribution in [0.1, 0.15) is 39.0 Å². The fourth-order valence-electron chi connectivity index (χ4n) is 3.22. The van der Waals surface area contributed by atoms with E-state index in [2.05, 4.69) is 9.50 Å². The first kappa shape index (κ1) is 24.2. The van der Waals surface area contributed by atoms with Crippen molar-refractivity contribution in [1.82, 2.24) is 5.32 Å². The van der Waals surface area contributed by atoms with E-state index < -0.39 is 53.6 Å². The maximum atomic E-state index is 11.4. The van der Waals surface area contributed by atoms with Crippen molar-refractivity contribution in [3.05, 3.63) is 0 Å². The molecule has 0 aromatic carbocycles. The Labute approximate surface area is 174 Å². The van der Waals surface area contributed by atoms with Gasteiger partial charge >= 0.3 is 29.6 Å². The molecule has 1 aliphatic carbocycles. The SMILES string of the molecule is CC(=O)N[C@H]1[C@H](OC2CCCCC2)O[C@H](CO)[C@H](OS(=O)(=O)[O-])[C@@H]1O.[Na+]. The number of amides is 1. The fraction of sp³-hybridized carbons (Fsp3) is 0.929. The third kappa shape index (κ3) is 6.97. The summed E-state index contributed by atoms with van der Waals surface area (Å²) in [6.07, 6.45) is -1.17. The quantitative estimate of drug-likeness (QED) is 0.226. The predicted octanol–water partition coefficient (Wildman–Crippen LogP) is -4.23. The molecule has 1 saturated carbocycles. The van der Waals surface area contributed by atoms with Gasteiger partial charge in [0.1, 0.15) is 24.4 Å². The Morgan fingerprint density at radius 2 is 1.92 bits per heavy atom. The molecule has 0 unspecified atom stereocenters. The molecule has 2 aliphatic rings. The smallest absolute Gasteiger partial charge is 0.726 e. The van der Waals surface area contributed by atoms with Crippen LogP contribution in [0.5, 0.6) is 0 Å². The van der Waals surface area contributed by atoms with Crippen LogP contribution in [0.15, 0.2) is 0 Å². The zero-order valence-corrected chi connectivity index (χ0v) is 17.7. The number of carbonyl (C=O) groups is 1. The number of nitrogens with one attached hydrogen (secondary N) is 1. The number of carbonyl (C=O) groups excluding carboxylic acids is 1. The van der Waals surface area contributed by atoms with E-state index >= 15 is 0 Å². The van der Waals surface area contributed by atoms with E-state index in [-0.39, 0.29) is 35.7 Å². The molecule has 0 aromatic rings. The number of hydrogen-bond donors (Lipinski definition) is 3. The van der Waals surface area contributed by atoms with Crippen LogP contribution in [-0.2, 0) is 28.9 Å². The van der Waals surface area contributed by atoms with E-state index in [1.165, 1.54) is 6.92 Å². The summed E-state index contributed by atoms with van der Waals surface area (Å²) in [6.45, 7) is 0.511. The molecule has 12 heteroatoms. The number of hydrogen-bond acceptors (Lipinski definition) is 9. The second kappa shape index (κ2) is 10.6. The maximum absolute atomic E-state index is 11.4. The number of aliphatic hydroxyl groups is 2. The Balaban J connectivity index is 0.00000338. The molecule has 5 atom stereocenters. The Kier molecular flexibility index (Phi) is 9.92. The summed E-state index contributed by atoms with van der Waals surface area (Å²) in [5.74, 6) is -0.504. The van der Waals surface area contributed by atoms with Crippen LogP contribution < -0.4 is 34.9 Å². The topological polar surface area (TPSA) is 154 Å². The molecular formula is C14H24NNaO9S. The third-order valence-corrected chi connectivity index (χ3v) is 4.79. The van der Waals surface area contributed by atoms with Crippen molar-refractivity contribution in [3.63, 3.8) is 0 Å². The second-order valence-electron chi connectivity index (χ2n) is 6.31. The zero-order valence-electron chi connectivity index (χ0n) is 14.9. The number of ether oxygens (including phenoxy) is 2. The first-order valence-corrected chi connectivity index (χ1v) is 9.55. The van der Waals surface area contributed by atoms with Gasteiger partial charge in [-0.15, -0.1) is 0 Å². The minimum absolute atomic E-state index is 0. The van der Waals surface area contributed by atoms with Gasteiger partial charge in [-0.1, -0.05) is 19.3 Å². The first-order valence-electron chi connectivity index (χ1n) is 8.22. The van der Waals surface area contributed by atoms with Crippen LogP contribution in [0.2, 0.25) is 0 Å². The zero-order chi connectivity index (χ0) is 18.6. The Hall–Kier alpha value is 0.180. The van der Waals surface area contributed by atoms with E-state index in [0.717, 1.165) is 32.1 Å². The number of rotatable bonds is 6. The van der Waals surface area contributed by atoms with Crippen LogP contribution in [0.3, 0.4) is 0 Å². The average molecular weight is 405 g/mol. The van der Waals surface area contributed by atoms with Crippen molar-refractivity contribution in [2.24, 2.45) is 0 Å². The van der Waals surface area contributed by atoms with Gasteiger partial charge in [-0.25, -0.2) is 8.42 Å². The Morgan fingerprint density at radius 1 is 1.31 bits per heavy atom. The molecule has 0 aromatic heterocycles. The monoisotopic (exact) mass is 405 g/mol. The summed E-state index contributed by atoms with van der Waals surface area (Å²) in [7, 11) is -5.15.